The van der Waals surface area contributed by atoms with Crippen molar-refractivity contribution >= 4 is 0 Å². The minimum Gasteiger partial charge on any atom is -0.330 e. The Kier molecular flexibility index (Phi) is 6.20. The zero-order chi connectivity index (χ0) is 12.1. The molecule has 0 amide bonds. The molecule has 0 saturated heterocycles. The summed E-state index contributed by atoms with van der Waals surface area (Å²) in [5, 5.41) is 2.87. The molecule has 2 nitrogen and oxygen atoms in total. The van der Waals surface area contributed by atoms with E-state index in [0.29, 0.717) is 19.0 Å². The van der Waals surface area contributed by atoms with E-state index in [9.17, 15) is 13.2 Å². The van der Waals surface area contributed by atoms with Gasteiger partial charge in [0, 0.05) is 6.04 Å². The van der Waals surface area contributed by atoms with E-state index < -0.39 is 18.6 Å². The molecule has 0 aliphatic carbocycles. The predicted octanol–water partition coefficient (Wildman–Crippen LogP) is 2.15. The van der Waals surface area contributed by atoms with Crippen molar-refractivity contribution in [2.24, 2.45) is 17.6 Å². The second kappa shape index (κ2) is 6.33. The number of halogens is 3. The van der Waals surface area contributed by atoms with Crippen molar-refractivity contribution in [3.05, 3.63) is 0 Å². The van der Waals surface area contributed by atoms with Gasteiger partial charge in [-0.25, -0.2) is 0 Å². The third-order valence-electron chi connectivity index (χ3n) is 2.51. The summed E-state index contributed by atoms with van der Waals surface area (Å²) in [6.45, 7) is 6.64. The molecule has 15 heavy (non-hydrogen) atoms. The van der Waals surface area contributed by atoms with E-state index >= 15 is 0 Å². The normalized spacial score (nSPS) is 16.8. The Morgan fingerprint density at radius 1 is 1.20 bits per heavy atom. The van der Waals surface area contributed by atoms with E-state index in [1.165, 1.54) is 0 Å². The summed E-state index contributed by atoms with van der Waals surface area (Å²) >= 11 is 0. The third-order valence-corrected chi connectivity index (χ3v) is 2.51. The molecule has 0 aliphatic rings. The van der Waals surface area contributed by atoms with Crippen LogP contribution < -0.4 is 11.1 Å². The molecule has 0 aromatic carbocycles. The van der Waals surface area contributed by atoms with Crippen LogP contribution in [0.3, 0.4) is 0 Å². The lowest BCUT2D eigenvalue weighted by atomic mass is 9.96. The molecule has 2 unspecified atom stereocenters. The highest BCUT2D eigenvalue weighted by atomic mass is 19.4. The van der Waals surface area contributed by atoms with Gasteiger partial charge in [0.2, 0.25) is 0 Å². The lowest BCUT2D eigenvalue weighted by Crippen LogP contribution is -2.38. The topological polar surface area (TPSA) is 38.0 Å². The second-order valence-corrected chi connectivity index (χ2v) is 4.37. The summed E-state index contributed by atoms with van der Waals surface area (Å²) in [5.74, 6) is 0.626. The van der Waals surface area contributed by atoms with Crippen molar-refractivity contribution < 1.29 is 13.2 Å². The molecule has 0 heterocycles. The lowest BCUT2D eigenvalue weighted by Gasteiger charge is -2.22. The number of hydrogen-bond donors (Lipinski definition) is 2. The maximum atomic E-state index is 12.0. The van der Waals surface area contributed by atoms with Crippen molar-refractivity contribution in [2.75, 3.05) is 13.1 Å². The van der Waals surface area contributed by atoms with Crippen LogP contribution in [0.4, 0.5) is 13.2 Å². The Labute approximate surface area is 89.4 Å². The number of rotatable bonds is 6. The lowest BCUT2D eigenvalue weighted by molar-refractivity contribution is -0.139. The first-order chi connectivity index (χ1) is 6.76. The molecule has 92 valence electrons. The fourth-order valence-electron chi connectivity index (χ4n) is 1.36. The molecule has 5 heteroatoms. The third kappa shape index (κ3) is 7.62. The van der Waals surface area contributed by atoms with Gasteiger partial charge in [-0.05, 0) is 31.8 Å². The smallest absolute Gasteiger partial charge is 0.330 e. The molecule has 0 rings (SSSR count). The van der Waals surface area contributed by atoms with Crippen LogP contribution in [0.25, 0.3) is 0 Å². The molecule has 0 saturated carbocycles. The zero-order valence-electron chi connectivity index (χ0n) is 9.56. The Bertz CT molecular complexity index is 169. The molecular formula is C10H21F3N2. The fraction of sp³-hybridized carbons (Fsp3) is 1.00. The standard InChI is InChI=1S/C10H21F3N2/c1-7(2)9(5-14)6-15-8(3)4-10(11,12)13/h7-9,15H,4-6,14H2,1-3H3. The average Bonchev–Trinajstić information content (AvgIpc) is 2.01. The van der Waals surface area contributed by atoms with Gasteiger partial charge in [0.05, 0.1) is 6.42 Å². The first-order valence-electron chi connectivity index (χ1n) is 5.26. The van der Waals surface area contributed by atoms with Gasteiger partial charge in [-0.1, -0.05) is 13.8 Å². The Morgan fingerprint density at radius 2 is 1.73 bits per heavy atom. The minimum absolute atomic E-state index is 0.237. The minimum atomic E-state index is -4.09. The van der Waals surface area contributed by atoms with Crippen LogP contribution in [0.2, 0.25) is 0 Å². The number of nitrogens with one attached hydrogen (secondary N) is 1. The van der Waals surface area contributed by atoms with Gasteiger partial charge in [-0.15, -0.1) is 0 Å². The summed E-state index contributed by atoms with van der Waals surface area (Å²) in [6, 6.07) is -0.544. The van der Waals surface area contributed by atoms with Gasteiger partial charge in [0.1, 0.15) is 0 Å². The largest absolute Gasteiger partial charge is 0.390 e. The molecule has 0 spiro atoms. The maximum absolute atomic E-state index is 12.0. The summed E-state index contributed by atoms with van der Waals surface area (Å²) in [7, 11) is 0. The number of nitrogens with two attached hydrogens (primary N) is 1. The summed E-state index contributed by atoms with van der Waals surface area (Å²) in [6.07, 6.45) is -4.88. The van der Waals surface area contributed by atoms with Crippen molar-refractivity contribution in [3.8, 4) is 0 Å². The van der Waals surface area contributed by atoms with Gasteiger partial charge in [0.15, 0.2) is 0 Å². The highest BCUT2D eigenvalue weighted by molar-refractivity contribution is 4.71. The van der Waals surface area contributed by atoms with Crippen LogP contribution in [0.15, 0.2) is 0 Å². The Morgan fingerprint density at radius 3 is 2.07 bits per heavy atom. The summed E-state index contributed by atoms with van der Waals surface area (Å²) in [5.41, 5.74) is 5.52. The zero-order valence-corrected chi connectivity index (χ0v) is 9.56. The highest BCUT2D eigenvalue weighted by Crippen LogP contribution is 2.21. The van der Waals surface area contributed by atoms with E-state index in [-0.39, 0.29) is 5.92 Å². The van der Waals surface area contributed by atoms with Crippen LogP contribution in [0.5, 0.6) is 0 Å². The van der Waals surface area contributed by atoms with Crippen molar-refractivity contribution in [1.82, 2.24) is 5.32 Å². The van der Waals surface area contributed by atoms with Gasteiger partial charge >= 0.3 is 6.18 Å². The van der Waals surface area contributed by atoms with E-state index in [0.717, 1.165) is 0 Å². The second-order valence-electron chi connectivity index (χ2n) is 4.37. The molecule has 0 aromatic rings. The van der Waals surface area contributed by atoms with Gasteiger partial charge in [-0.3, -0.25) is 0 Å². The molecule has 0 aliphatic heterocycles. The van der Waals surface area contributed by atoms with Crippen molar-refractivity contribution in [3.63, 3.8) is 0 Å². The molecule has 0 aromatic heterocycles. The number of hydrogen-bond acceptors (Lipinski definition) is 2. The first-order valence-corrected chi connectivity index (χ1v) is 5.26. The Hall–Kier alpha value is -0.290. The van der Waals surface area contributed by atoms with E-state index in [4.69, 9.17) is 5.73 Å². The highest BCUT2D eigenvalue weighted by Gasteiger charge is 2.29. The molecule has 2 atom stereocenters. The SMILES string of the molecule is CC(CC(F)(F)F)NCC(CN)C(C)C. The van der Waals surface area contributed by atoms with Crippen LogP contribution in [-0.4, -0.2) is 25.3 Å². The van der Waals surface area contributed by atoms with E-state index in [2.05, 4.69) is 5.32 Å². The van der Waals surface area contributed by atoms with E-state index in [1.807, 2.05) is 13.8 Å². The number of alkyl halides is 3. The summed E-state index contributed by atoms with van der Waals surface area (Å²) < 4.78 is 36.0. The Balaban J connectivity index is 3.83. The summed E-state index contributed by atoms with van der Waals surface area (Å²) in [4.78, 5) is 0. The van der Waals surface area contributed by atoms with Crippen LogP contribution in [0, 0.1) is 11.8 Å². The average molecular weight is 226 g/mol. The predicted molar refractivity (Wildman–Crippen MR) is 55.5 cm³/mol. The van der Waals surface area contributed by atoms with Gasteiger partial charge < -0.3 is 11.1 Å². The van der Waals surface area contributed by atoms with E-state index in [1.54, 1.807) is 6.92 Å². The maximum Gasteiger partial charge on any atom is 0.390 e. The fourth-order valence-corrected chi connectivity index (χ4v) is 1.36. The van der Waals surface area contributed by atoms with Gasteiger partial charge in [-0.2, -0.15) is 13.2 Å². The van der Waals surface area contributed by atoms with Crippen LogP contribution in [0.1, 0.15) is 27.2 Å². The van der Waals surface area contributed by atoms with Crippen molar-refractivity contribution in [2.45, 2.75) is 39.4 Å². The molecule has 0 radical (unpaired) electrons. The van der Waals surface area contributed by atoms with Crippen LogP contribution in [-0.2, 0) is 0 Å². The molecular weight excluding hydrogens is 205 g/mol. The first kappa shape index (κ1) is 14.7. The molecule has 0 bridgehead atoms. The van der Waals surface area contributed by atoms with Crippen molar-refractivity contribution in [1.29, 1.82) is 0 Å². The molecule has 0 fully saturated rings. The monoisotopic (exact) mass is 226 g/mol. The quantitative estimate of drug-likeness (QED) is 0.728. The van der Waals surface area contributed by atoms with Crippen LogP contribution >= 0.6 is 0 Å². The molecule has 3 N–H and O–H groups in total. The van der Waals surface area contributed by atoms with Gasteiger partial charge in [0.25, 0.3) is 0 Å².